The molecular formula is C12H15N3O5. The van der Waals surface area contributed by atoms with Gasteiger partial charge >= 0.3 is 5.97 Å². The molecule has 108 valence electrons. The Balaban J connectivity index is 2.95. The number of amides is 1. The van der Waals surface area contributed by atoms with Crippen molar-refractivity contribution in [3.05, 3.63) is 39.4 Å². The number of carboxylic acid groups (broad SMARTS) is 1. The fourth-order valence-corrected chi connectivity index (χ4v) is 1.79. The molecule has 4 N–H and O–H groups in total. The highest BCUT2D eigenvalue weighted by Crippen LogP contribution is 2.22. The first-order chi connectivity index (χ1) is 9.32. The van der Waals surface area contributed by atoms with Crippen molar-refractivity contribution in [2.45, 2.75) is 25.9 Å². The summed E-state index contributed by atoms with van der Waals surface area (Å²) in [5, 5.41) is 22.8. The summed E-state index contributed by atoms with van der Waals surface area (Å²) in [5.41, 5.74) is 4.51. The zero-order chi connectivity index (χ0) is 15.3. The number of nitro benzene ring substituents is 1. The van der Waals surface area contributed by atoms with Gasteiger partial charge in [-0.1, -0.05) is 12.1 Å². The number of nitrogens with one attached hydrogen (secondary N) is 1. The Morgan fingerprint density at radius 3 is 2.65 bits per heavy atom. The van der Waals surface area contributed by atoms with Gasteiger partial charge in [-0.3, -0.25) is 14.9 Å². The lowest BCUT2D eigenvalue weighted by Crippen LogP contribution is -2.31. The Bertz CT molecular complexity index is 544. The summed E-state index contributed by atoms with van der Waals surface area (Å²) in [6.45, 7) is 1.81. The Kier molecular flexibility index (Phi) is 5.15. The molecule has 0 aliphatic carbocycles. The number of rotatable bonds is 7. The summed E-state index contributed by atoms with van der Waals surface area (Å²) >= 11 is 0. The summed E-state index contributed by atoms with van der Waals surface area (Å²) in [6, 6.07) is 3.79. The number of hydrogen-bond acceptors (Lipinski definition) is 5. The summed E-state index contributed by atoms with van der Waals surface area (Å²) in [7, 11) is 0. The van der Waals surface area contributed by atoms with Crippen molar-refractivity contribution in [3.63, 3.8) is 0 Å². The lowest BCUT2D eigenvalue weighted by molar-refractivity contribution is -0.385. The van der Waals surface area contributed by atoms with Gasteiger partial charge in [0.05, 0.1) is 4.92 Å². The molecule has 20 heavy (non-hydrogen) atoms. The SMILES string of the molecule is CC(CC(N)=O)NCc1cccc([N+](=O)[O-])c1C(=O)O. The van der Waals surface area contributed by atoms with Gasteiger partial charge in [0.25, 0.3) is 5.69 Å². The number of nitro groups is 1. The summed E-state index contributed by atoms with van der Waals surface area (Å²) in [4.78, 5) is 32.0. The topological polar surface area (TPSA) is 136 Å². The van der Waals surface area contributed by atoms with Crippen LogP contribution in [0.3, 0.4) is 0 Å². The maximum absolute atomic E-state index is 11.2. The van der Waals surface area contributed by atoms with Crippen molar-refractivity contribution in [3.8, 4) is 0 Å². The van der Waals surface area contributed by atoms with Crippen molar-refractivity contribution >= 4 is 17.6 Å². The maximum Gasteiger partial charge on any atom is 0.343 e. The molecule has 0 spiro atoms. The van der Waals surface area contributed by atoms with Crippen LogP contribution in [0.25, 0.3) is 0 Å². The minimum absolute atomic E-state index is 0.0946. The van der Waals surface area contributed by atoms with E-state index in [0.29, 0.717) is 0 Å². The molecule has 0 heterocycles. The van der Waals surface area contributed by atoms with Crippen LogP contribution in [0.1, 0.15) is 29.3 Å². The van der Waals surface area contributed by atoms with Crippen molar-refractivity contribution in [1.82, 2.24) is 5.32 Å². The van der Waals surface area contributed by atoms with E-state index in [9.17, 15) is 19.7 Å². The third-order valence-corrected chi connectivity index (χ3v) is 2.69. The molecule has 0 fully saturated rings. The number of primary amides is 1. The maximum atomic E-state index is 11.2. The molecule has 0 aromatic heterocycles. The van der Waals surface area contributed by atoms with Crippen LogP contribution in [0.5, 0.6) is 0 Å². The van der Waals surface area contributed by atoms with Gasteiger partial charge in [0.15, 0.2) is 0 Å². The van der Waals surface area contributed by atoms with Gasteiger partial charge in [0, 0.05) is 25.1 Å². The normalized spacial score (nSPS) is 11.8. The van der Waals surface area contributed by atoms with Crippen LogP contribution >= 0.6 is 0 Å². The number of nitrogens with two attached hydrogens (primary N) is 1. The standard InChI is InChI=1S/C12H15N3O5/c1-7(5-10(13)16)14-6-8-3-2-4-9(15(19)20)11(8)12(17)18/h2-4,7,14H,5-6H2,1H3,(H2,13,16)(H,17,18). The van der Waals surface area contributed by atoms with E-state index in [4.69, 9.17) is 10.8 Å². The van der Waals surface area contributed by atoms with Crippen molar-refractivity contribution < 1.29 is 19.6 Å². The molecule has 0 aliphatic heterocycles. The Morgan fingerprint density at radius 2 is 2.15 bits per heavy atom. The first-order valence-corrected chi connectivity index (χ1v) is 5.84. The van der Waals surface area contributed by atoms with E-state index >= 15 is 0 Å². The highest BCUT2D eigenvalue weighted by atomic mass is 16.6. The molecular weight excluding hydrogens is 266 g/mol. The number of nitrogens with zero attached hydrogens (tertiary/aromatic N) is 1. The molecule has 1 atom stereocenters. The average molecular weight is 281 g/mol. The van der Waals surface area contributed by atoms with Crippen LogP contribution in [0, 0.1) is 10.1 Å². The predicted octanol–water partition coefficient (Wildman–Crippen LogP) is 0.646. The van der Waals surface area contributed by atoms with Gasteiger partial charge in [-0.2, -0.15) is 0 Å². The zero-order valence-electron chi connectivity index (χ0n) is 10.8. The minimum atomic E-state index is -1.36. The Labute approximate surface area is 114 Å². The van der Waals surface area contributed by atoms with E-state index in [-0.39, 0.29) is 30.1 Å². The minimum Gasteiger partial charge on any atom is -0.477 e. The Hall–Kier alpha value is -2.48. The molecule has 1 amide bonds. The highest BCUT2D eigenvalue weighted by molar-refractivity contribution is 5.94. The molecule has 1 unspecified atom stereocenters. The molecule has 0 radical (unpaired) electrons. The summed E-state index contributed by atoms with van der Waals surface area (Å²) in [6.07, 6.45) is 0.0946. The quantitative estimate of drug-likeness (QED) is 0.496. The second-order valence-corrected chi connectivity index (χ2v) is 4.33. The third-order valence-electron chi connectivity index (χ3n) is 2.69. The largest absolute Gasteiger partial charge is 0.477 e. The van der Waals surface area contributed by atoms with Crippen molar-refractivity contribution in [2.75, 3.05) is 0 Å². The molecule has 0 bridgehead atoms. The van der Waals surface area contributed by atoms with Gasteiger partial charge in [0.2, 0.25) is 5.91 Å². The molecule has 1 rings (SSSR count). The number of carbonyl (C=O) groups is 2. The average Bonchev–Trinajstić information content (AvgIpc) is 2.34. The summed E-state index contributed by atoms with van der Waals surface area (Å²) < 4.78 is 0. The van der Waals surface area contributed by atoms with E-state index < -0.39 is 22.5 Å². The molecule has 1 aromatic rings. The fourth-order valence-electron chi connectivity index (χ4n) is 1.79. The lowest BCUT2D eigenvalue weighted by Gasteiger charge is -2.13. The second-order valence-electron chi connectivity index (χ2n) is 4.33. The first kappa shape index (κ1) is 15.6. The van der Waals surface area contributed by atoms with Crippen LogP contribution in [0.2, 0.25) is 0 Å². The van der Waals surface area contributed by atoms with Gasteiger partial charge in [0.1, 0.15) is 5.56 Å². The predicted molar refractivity (Wildman–Crippen MR) is 70.2 cm³/mol. The smallest absolute Gasteiger partial charge is 0.343 e. The van der Waals surface area contributed by atoms with E-state index in [2.05, 4.69) is 5.32 Å². The van der Waals surface area contributed by atoms with E-state index in [1.807, 2.05) is 0 Å². The van der Waals surface area contributed by atoms with E-state index in [1.54, 1.807) is 6.92 Å². The van der Waals surface area contributed by atoms with Crippen LogP contribution in [-0.2, 0) is 11.3 Å². The molecule has 8 heteroatoms. The Morgan fingerprint density at radius 1 is 1.50 bits per heavy atom. The van der Waals surface area contributed by atoms with Gasteiger partial charge in [-0.05, 0) is 12.5 Å². The number of carbonyl (C=O) groups excluding carboxylic acids is 1. The lowest BCUT2D eigenvalue weighted by atomic mass is 10.0. The fraction of sp³-hybridized carbons (Fsp3) is 0.333. The van der Waals surface area contributed by atoms with Gasteiger partial charge < -0.3 is 16.2 Å². The number of hydrogen-bond donors (Lipinski definition) is 3. The molecule has 1 aromatic carbocycles. The molecule has 0 aliphatic rings. The van der Waals surface area contributed by atoms with Crippen LogP contribution in [-0.4, -0.2) is 27.9 Å². The third kappa shape index (κ3) is 4.02. The highest BCUT2D eigenvalue weighted by Gasteiger charge is 2.23. The zero-order valence-corrected chi connectivity index (χ0v) is 10.8. The van der Waals surface area contributed by atoms with Gasteiger partial charge in [-0.25, -0.2) is 4.79 Å². The molecule has 8 nitrogen and oxygen atoms in total. The monoisotopic (exact) mass is 281 g/mol. The summed E-state index contributed by atoms with van der Waals surface area (Å²) in [5.74, 6) is -1.85. The number of benzene rings is 1. The number of aromatic carboxylic acids is 1. The van der Waals surface area contributed by atoms with E-state index in [0.717, 1.165) is 6.07 Å². The van der Waals surface area contributed by atoms with Gasteiger partial charge in [-0.15, -0.1) is 0 Å². The van der Waals surface area contributed by atoms with Crippen LogP contribution < -0.4 is 11.1 Å². The van der Waals surface area contributed by atoms with E-state index in [1.165, 1.54) is 12.1 Å². The van der Waals surface area contributed by atoms with Crippen molar-refractivity contribution in [2.24, 2.45) is 5.73 Å². The molecule has 0 saturated heterocycles. The van der Waals surface area contributed by atoms with Crippen molar-refractivity contribution in [1.29, 1.82) is 0 Å². The first-order valence-electron chi connectivity index (χ1n) is 5.84. The second kappa shape index (κ2) is 6.62. The van der Waals surface area contributed by atoms with Crippen LogP contribution in [0.4, 0.5) is 5.69 Å². The number of carboxylic acids is 1. The molecule has 0 saturated carbocycles. The van der Waals surface area contributed by atoms with Crippen LogP contribution in [0.15, 0.2) is 18.2 Å².